The van der Waals surface area contributed by atoms with Gasteiger partial charge in [0.25, 0.3) is 0 Å². The molecule has 2 nitrogen and oxygen atoms in total. The van der Waals surface area contributed by atoms with Gasteiger partial charge in [-0.15, -0.1) is 0 Å². The molecule has 0 atom stereocenters. The Bertz CT molecular complexity index is 129. The molecule has 0 saturated carbocycles. The SMILES string of the molecule is O=C1C=CCOC=C1. The highest BCUT2D eigenvalue weighted by molar-refractivity contribution is 5.99. The average molecular weight is 110 g/mol. The van der Waals surface area contributed by atoms with E-state index in [-0.39, 0.29) is 5.78 Å². The highest BCUT2D eigenvalue weighted by Gasteiger charge is 1.90. The Morgan fingerprint density at radius 2 is 2.38 bits per heavy atom. The first-order valence-corrected chi connectivity index (χ1v) is 2.38. The van der Waals surface area contributed by atoms with Crippen LogP contribution in [0.25, 0.3) is 0 Å². The lowest BCUT2D eigenvalue weighted by molar-refractivity contribution is -0.110. The fourth-order valence-electron chi connectivity index (χ4n) is 0.446. The molecule has 0 bridgehead atoms. The van der Waals surface area contributed by atoms with Gasteiger partial charge in [0, 0.05) is 6.08 Å². The molecule has 0 aliphatic carbocycles. The van der Waals surface area contributed by atoms with Gasteiger partial charge in [-0.25, -0.2) is 0 Å². The van der Waals surface area contributed by atoms with Gasteiger partial charge in [0.15, 0.2) is 5.78 Å². The Labute approximate surface area is 47.5 Å². The van der Waals surface area contributed by atoms with E-state index in [0.717, 1.165) is 0 Å². The summed E-state index contributed by atoms with van der Waals surface area (Å²) < 4.78 is 4.78. The second-order valence-electron chi connectivity index (χ2n) is 1.44. The van der Waals surface area contributed by atoms with E-state index in [1.165, 1.54) is 18.4 Å². The number of allylic oxidation sites excluding steroid dienone is 2. The molecule has 0 aromatic carbocycles. The Hall–Kier alpha value is -1.05. The Kier molecular flexibility index (Phi) is 1.47. The molecule has 0 fully saturated rings. The van der Waals surface area contributed by atoms with Crippen LogP contribution in [0, 0.1) is 0 Å². The first kappa shape index (κ1) is 5.09. The van der Waals surface area contributed by atoms with Crippen LogP contribution in [0.5, 0.6) is 0 Å². The fraction of sp³-hybridized carbons (Fsp3) is 0.167. The lowest BCUT2D eigenvalue weighted by Crippen LogP contribution is -1.80. The van der Waals surface area contributed by atoms with E-state index in [4.69, 9.17) is 4.74 Å². The number of carbonyl (C=O) groups is 1. The largest absolute Gasteiger partial charge is 0.497 e. The van der Waals surface area contributed by atoms with Crippen molar-refractivity contribution < 1.29 is 9.53 Å². The minimum Gasteiger partial charge on any atom is -0.497 e. The van der Waals surface area contributed by atoms with E-state index < -0.39 is 0 Å². The van der Waals surface area contributed by atoms with Crippen LogP contribution in [0.1, 0.15) is 0 Å². The summed E-state index contributed by atoms with van der Waals surface area (Å²) >= 11 is 0. The second-order valence-corrected chi connectivity index (χ2v) is 1.44. The van der Waals surface area contributed by atoms with Crippen molar-refractivity contribution in [2.45, 2.75) is 0 Å². The zero-order chi connectivity index (χ0) is 5.82. The van der Waals surface area contributed by atoms with Crippen LogP contribution in [-0.4, -0.2) is 12.4 Å². The van der Waals surface area contributed by atoms with Crippen LogP contribution in [0.2, 0.25) is 0 Å². The van der Waals surface area contributed by atoms with Gasteiger partial charge < -0.3 is 4.74 Å². The summed E-state index contributed by atoms with van der Waals surface area (Å²) in [6.07, 6.45) is 5.97. The average Bonchev–Trinajstić information content (AvgIpc) is 1.94. The van der Waals surface area contributed by atoms with Crippen LogP contribution >= 0.6 is 0 Å². The maximum Gasteiger partial charge on any atom is 0.181 e. The van der Waals surface area contributed by atoms with E-state index in [2.05, 4.69) is 0 Å². The van der Waals surface area contributed by atoms with E-state index in [9.17, 15) is 4.79 Å². The van der Waals surface area contributed by atoms with Crippen molar-refractivity contribution in [1.29, 1.82) is 0 Å². The lowest BCUT2D eigenvalue weighted by atomic mass is 10.3. The number of carbonyl (C=O) groups excluding carboxylic acids is 1. The number of hydrogen-bond acceptors (Lipinski definition) is 2. The summed E-state index contributed by atoms with van der Waals surface area (Å²) in [7, 11) is 0. The number of ketones is 1. The number of hydrogen-bond donors (Lipinski definition) is 0. The minimum atomic E-state index is -0.0116. The molecular formula is C6H6O2. The van der Waals surface area contributed by atoms with Gasteiger partial charge >= 0.3 is 0 Å². The predicted molar refractivity (Wildman–Crippen MR) is 29.2 cm³/mol. The quantitative estimate of drug-likeness (QED) is 0.457. The molecule has 8 heavy (non-hydrogen) atoms. The fourth-order valence-corrected chi connectivity index (χ4v) is 0.446. The molecule has 0 radical (unpaired) electrons. The summed E-state index contributed by atoms with van der Waals surface area (Å²) in [5.74, 6) is -0.0116. The Morgan fingerprint density at radius 3 is 3.25 bits per heavy atom. The summed E-state index contributed by atoms with van der Waals surface area (Å²) in [5.41, 5.74) is 0. The normalized spacial score (nSPS) is 17.8. The first-order valence-electron chi connectivity index (χ1n) is 2.38. The van der Waals surface area contributed by atoms with E-state index >= 15 is 0 Å². The maximum atomic E-state index is 10.4. The van der Waals surface area contributed by atoms with Crippen LogP contribution in [-0.2, 0) is 9.53 Å². The van der Waals surface area contributed by atoms with Crippen molar-refractivity contribution in [1.82, 2.24) is 0 Å². The van der Waals surface area contributed by atoms with Gasteiger partial charge in [-0.2, -0.15) is 0 Å². The molecule has 1 aliphatic heterocycles. The highest BCUT2D eigenvalue weighted by Crippen LogP contribution is 1.88. The zero-order valence-corrected chi connectivity index (χ0v) is 4.33. The third-order valence-electron chi connectivity index (χ3n) is 0.803. The molecule has 0 spiro atoms. The molecule has 0 saturated heterocycles. The van der Waals surface area contributed by atoms with Crippen molar-refractivity contribution in [2.75, 3.05) is 6.61 Å². The van der Waals surface area contributed by atoms with Crippen LogP contribution in [0.3, 0.4) is 0 Å². The smallest absolute Gasteiger partial charge is 0.181 e. The van der Waals surface area contributed by atoms with Gasteiger partial charge in [0.05, 0.1) is 6.26 Å². The molecule has 0 aromatic heterocycles. The molecule has 1 rings (SSSR count). The predicted octanol–water partition coefficient (Wildman–Crippen LogP) is 0.656. The molecule has 1 heterocycles. The first-order chi connectivity index (χ1) is 3.89. The lowest BCUT2D eigenvalue weighted by Gasteiger charge is -1.86. The van der Waals surface area contributed by atoms with E-state index in [0.29, 0.717) is 6.61 Å². The topological polar surface area (TPSA) is 26.3 Å². The third kappa shape index (κ3) is 1.22. The minimum absolute atomic E-state index is 0.0116. The summed E-state index contributed by atoms with van der Waals surface area (Å²) in [4.78, 5) is 10.4. The molecule has 0 unspecified atom stereocenters. The van der Waals surface area contributed by atoms with Crippen LogP contribution in [0.4, 0.5) is 0 Å². The van der Waals surface area contributed by atoms with E-state index in [1.54, 1.807) is 6.08 Å². The number of ether oxygens (including phenoxy) is 1. The third-order valence-corrected chi connectivity index (χ3v) is 0.803. The monoisotopic (exact) mass is 110 g/mol. The van der Waals surface area contributed by atoms with Crippen molar-refractivity contribution in [3.05, 3.63) is 24.5 Å². The summed E-state index contributed by atoms with van der Waals surface area (Å²) in [6.45, 7) is 0.502. The Balaban J connectivity index is 2.64. The maximum absolute atomic E-state index is 10.4. The van der Waals surface area contributed by atoms with Gasteiger partial charge in [-0.1, -0.05) is 0 Å². The van der Waals surface area contributed by atoms with Crippen LogP contribution in [0.15, 0.2) is 24.5 Å². The van der Waals surface area contributed by atoms with Gasteiger partial charge in [-0.05, 0) is 12.2 Å². The summed E-state index contributed by atoms with van der Waals surface area (Å²) in [5, 5.41) is 0. The second kappa shape index (κ2) is 2.31. The van der Waals surface area contributed by atoms with Crippen LogP contribution < -0.4 is 0 Å². The van der Waals surface area contributed by atoms with Crippen molar-refractivity contribution >= 4 is 5.78 Å². The highest BCUT2D eigenvalue weighted by atomic mass is 16.5. The van der Waals surface area contributed by atoms with Gasteiger partial charge in [-0.3, -0.25) is 4.79 Å². The van der Waals surface area contributed by atoms with Crippen molar-refractivity contribution in [3.8, 4) is 0 Å². The molecule has 1 aliphatic rings. The molecular weight excluding hydrogens is 104 g/mol. The van der Waals surface area contributed by atoms with Gasteiger partial charge in [0.1, 0.15) is 6.61 Å². The van der Waals surface area contributed by atoms with E-state index in [1.807, 2.05) is 0 Å². The summed E-state index contributed by atoms with van der Waals surface area (Å²) in [6, 6.07) is 0. The Morgan fingerprint density at radius 1 is 1.50 bits per heavy atom. The van der Waals surface area contributed by atoms with Crippen molar-refractivity contribution in [3.63, 3.8) is 0 Å². The molecule has 0 aromatic rings. The molecule has 2 heteroatoms. The number of rotatable bonds is 0. The standard InChI is InChI=1S/C6H6O2/c7-6-2-1-4-8-5-3-6/h1-3,5H,4H2. The molecule has 42 valence electrons. The molecule has 0 amide bonds. The zero-order valence-electron chi connectivity index (χ0n) is 4.33. The molecule has 0 N–H and O–H groups in total. The van der Waals surface area contributed by atoms with Gasteiger partial charge in [0.2, 0.25) is 0 Å². The van der Waals surface area contributed by atoms with Crippen molar-refractivity contribution in [2.24, 2.45) is 0 Å².